The van der Waals surface area contributed by atoms with Gasteiger partial charge in [0.15, 0.2) is 0 Å². The molecular formula is C14H19NO4. The van der Waals surface area contributed by atoms with Crippen LogP contribution in [0.3, 0.4) is 0 Å². The van der Waals surface area contributed by atoms with Crippen LogP contribution >= 0.6 is 0 Å². The van der Waals surface area contributed by atoms with E-state index in [9.17, 15) is 4.79 Å². The van der Waals surface area contributed by atoms with E-state index in [4.69, 9.17) is 14.2 Å². The second-order valence-electron chi connectivity index (χ2n) is 4.38. The van der Waals surface area contributed by atoms with E-state index in [1.54, 1.807) is 18.2 Å². The van der Waals surface area contributed by atoms with Crippen molar-refractivity contribution in [1.29, 1.82) is 0 Å². The Kier molecular flexibility index (Phi) is 4.63. The fourth-order valence-corrected chi connectivity index (χ4v) is 2.18. The van der Waals surface area contributed by atoms with Crippen LogP contribution in [-0.4, -0.2) is 39.4 Å². The van der Waals surface area contributed by atoms with Crippen LogP contribution in [0.15, 0.2) is 18.2 Å². The van der Waals surface area contributed by atoms with E-state index in [1.807, 2.05) is 0 Å². The number of carbonyl (C=O) groups excluding carboxylic acids is 1. The van der Waals surface area contributed by atoms with Gasteiger partial charge in [-0.15, -0.1) is 0 Å². The minimum atomic E-state index is -0.204. The molecule has 0 bridgehead atoms. The predicted molar refractivity (Wildman–Crippen MR) is 70.9 cm³/mol. The van der Waals surface area contributed by atoms with Gasteiger partial charge in [0.1, 0.15) is 17.1 Å². The molecule has 0 radical (unpaired) electrons. The van der Waals surface area contributed by atoms with Gasteiger partial charge in [-0.05, 0) is 25.0 Å². The molecule has 1 aromatic rings. The lowest BCUT2D eigenvalue weighted by atomic mass is 10.1. The van der Waals surface area contributed by atoms with Gasteiger partial charge in [0.2, 0.25) is 0 Å². The summed E-state index contributed by atoms with van der Waals surface area (Å²) in [7, 11) is 3.07. The molecule has 1 atom stereocenters. The minimum Gasteiger partial charge on any atom is -0.496 e. The largest absolute Gasteiger partial charge is 0.496 e. The third-order valence-electron chi connectivity index (χ3n) is 3.17. The molecule has 0 spiro atoms. The molecule has 2 rings (SSSR count). The zero-order valence-corrected chi connectivity index (χ0v) is 11.3. The van der Waals surface area contributed by atoms with Crippen LogP contribution in [-0.2, 0) is 4.74 Å². The highest BCUT2D eigenvalue weighted by atomic mass is 16.5. The van der Waals surface area contributed by atoms with Crippen LogP contribution in [0.2, 0.25) is 0 Å². The van der Waals surface area contributed by atoms with Crippen LogP contribution in [0.5, 0.6) is 11.5 Å². The summed E-state index contributed by atoms with van der Waals surface area (Å²) in [6.45, 7) is 1.29. The van der Waals surface area contributed by atoms with Crippen LogP contribution < -0.4 is 14.8 Å². The molecular weight excluding hydrogens is 246 g/mol. The topological polar surface area (TPSA) is 56.8 Å². The molecule has 5 nitrogen and oxygen atoms in total. The molecule has 1 heterocycles. The van der Waals surface area contributed by atoms with Crippen molar-refractivity contribution >= 4 is 5.91 Å². The smallest absolute Gasteiger partial charge is 0.258 e. The molecule has 1 amide bonds. The summed E-state index contributed by atoms with van der Waals surface area (Å²) in [6, 6.07) is 5.27. The van der Waals surface area contributed by atoms with Gasteiger partial charge in [-0.25, -0.2) is 0 Å². The number of ether oxygens (including phenoxy) is 3. The van der Waals surface area contributed by atoms with E-state index in [2.05, 4.69) is 5.32 Å². The first-order chi connectivity index (χ1) is 9.26. The molecule has 1 aromatic carbocycles. The molecule has 0 saturated carbocycles. The van der Waals surface area contributed by atoms with Crippen molar-refractivity contribution < 1.29 is 19.0 Å². The maximum absolute atomic E-state index is 12.2. The summed E-state index contributed by atoms with van der Waals surface area (Å²) >= 11 is 0. The number of amides is 1. The summed E-state index contributed by atoms with van der Waals surface area (Å²) in [5.41, 5.74) is 0.422. The second-order valence-corrected chi connectivity index (χ2v) is 4.38. The quantitative estimate of drug-likeness (QED) is 0.878. The Labute approximate surface area is 112 Å². The van der Waals surface area contributed by atoms with Crippen molar-refractivity contribution in [2.45, 2.75) is 18.9 Å². The van der Waals surface area contributed by atoms with E-state index in [0.29, 0.717) is 23.6 Å². The van der Waals surface area contributed by atoms with Gasteiger partial charge in [0.05, 0.1) is 20.3 Å². The van der Waals surface area contributed by atoms with Gasteiger partial charge in [-0.2, -0.15) is 0 Å². The zero-order chi connectivity index (χ0) is 13.7. The van der Waals surface area contributed by atoms with Crippen molar-refractivity contribution in [2.24, 2.45) is 0 Å². The number of methoxy groups -OCH3 is 2. The Balaban J connectivity index is 2.08. The molecule has 1 saturated heterocycles. The van der Waals surface area contributed by atoms with E-state index in [0.717, 1.165) is 19.4 Å². The molecule has 1 N–H and O–H groups in total. The van der Waals surface area contributed by atoms with Gasteiger partial charge < -0.3 is 19.5 Å². The first kappa shape index (κ1) is 13.7. The Hall–Kier alpha value is -1.75. The van der Waals surface area contributed by atoms with Gasteiger partial charge in [0.25, 0.3) is 5.91 Å². The molecule has 1 aliphatic heterocycles. The number of hydrogen-bond acceptors (Lipinski definition) is 4. The number of hydrogen-bond donors (Lipinski definition) is 1. The fraction of sp³-hybridized carbons (Fsp3) is 0.500. The van der Waals surface area contributed by atoms with E-state index in [-0.39, 0.29) is 12.0 Å². The predicted octanol–water partition coefficient (Wildman–Crippen LogP) is 1.61. The van der Waals surface area contributed by atoms with Gasteiger partial charge in [0, 0.05) is 13.2 Å². The Morgan fingerprint density at radius 1 is 1.37 bits per heavy atom. The highest BCUT2D eigenvalue weighted by Crippen LogP contribution is 2.28. The molecule has 1 unspecified atom stereocenters. The first-order valence-electron chi connectivity index (χ1n) is 6.37. The number of carbonyl (C=O) groups is 1. The molecule has 19 heavy (non-hydrogen) atoms. The Morgan fingerprint density at radius 3 is 2.58 bits per heavy atom. The van der Waals surface area contributed by atoms with E-state index >= 15 is 0 Å². The number of benzene rings is 1. The summed E-state index contributed by atoms with van der Waals surface area (Å²) in [5, 5.41) is 2.87. The Bertz CT molecular complexity index is 419. The van der Waals surface area contributed by atoms with Crippen LogP contribution in [0, 0.1) is 0 Å². The Morgan fingerprint density at radius 2 is 2.05 bits per heavy atom. The van der Waals surface area contributed by atoms with Crippen molar-refractivity contribution in [3.8, 4) is 11.5 Å². The van der Waals surface area contributed by atoms with Crippen molar-refractivity contribution in [3.05, 3.63) is 23.8 Å². The molecule has 104 valence electrons. The van der Waals surface area contributed by atoms with E-state index in [1.165, 1.54) is 14.2 Å². The molecule has 0 aliphatic carbocycles. The van der Waals surface area contributed by atoms with Gasteiger partial charge in [-0.3, -0.25) is 4.79 Å². The third kappa shape index (κ3) is 3.17. The summed E-state index contributed by atoms with van der Waals surface area (Å²) in [4.78, 5) is 12.2. The fourth-order valence-electron chi connectivity index (χ4n) is 2.18. The van der Waals surface area contributed by atoms with Gasteiger partial charge in [-0.1, -0.05) is 6.07 Å². The highest BCUT2D eigenvalue weighted by molar-refractivity contribution is 5.99. The zero-order valence-electron chi connectivity index (χ0n) is 11.3. The van der Waals surface area contributed by atoms with Gasteiger partial charge >= 0.3 is 0 Å². The van der Waals surface area contributed by atoms with E-state index < -0.39 is 0 Å². The second kappa shape index (κ2) is 6.43. The summed E-state index contributed by atoms with van der Waals surface area (Å²) in [5.74, 6) is 0.804. The SMILES string of the molecule is COc1cccc(OC)c1C(=O)NCC1CCCO1. The third-order valence-corrected chi connectivity index (χ3v) is 3.17. The molecule has 5 heteroatoms. The molecule has 1 fully saturated rings. The normalized spacial score (nSPS) is 18.1. The maximum atomic E-state index is 12.2. The lowest BCUT2D eigenvalue weighted by Gasteiger charge is -2.14. The lowest BCUT2D eigenvalue weighted by molar-refractivity contribution is 0.0852. The highest BCUT2D eigenvalue weighted by Gasteiger charge is 2.21. The van der Waals surface area contributed by atoms with Crippen LogP contribution in [0.1, 0.15) is 23.2 Å². The number of nitrogens with one attached hydrogen (secondary N) is 1. The minimum absolute atomic E-state index is 0.115. The monoisotopic (exact) mass is 265 g/mol. The summed E-state index contributed by atoms with van der Waals surface area (Å²) in [6.07, 6.45) is 2.16. The molecule has 0 aromatic heterocycles. The first-order valence-corrected chi connectivity index (χ1v) is 6.37. The molecule has 1 aliphatic rings. The lowest BCUT2D eigenvalue weighted by Crippen LogP contribution is -2.32. The van der Waals surface area contributed by atoms with Crippen LogP contribution in [0.25, 0.3) is 0 Å². The number of rotatable bonds is 5. The standard InChI is InChI=1S/C14H19NO4/c1-17-11-6-3-7-12(18-2)13(11)14(16)15-9-10-5-4-8-19-10/h3,6-7,10H,4-5,8-9H2,1-2H3,(H,15,16). The van der Waals surface area contributed by atoms with Crippen molar-refractivity contribution in [2.75, 3.05) is 27.4 Å². The average molecular weight is 265 g/mol. The average Bonchev–Trinajstić information content (AvgIpc) is 2.97. The van der Waals surface area contributed by atoms with Crippen molar-refractivity contribution in [1.82, 2.24) is 5.32 Å². The summed E-state index contributed by atoms with van der Waals surface area (Å²) < 4.78 is 15.9. The maximum Gasteiger partial charge on any atom is 0.258 e. The van der Waals surface area contributed by atoms with Crippen molar-refractivity contribution in [3.63, 3.8) is 0 Å². The van der Waals surface area contributed by atoms with Crippen LogP contribution in [0.4, 0.5) is 0 Å².